The van der Waals surface area contributed by atoms with Gasteiger partial charge in [-0.25, -0.2) is 0 Å². The Balaban J connectivity index is 1.62. The lowest BCUT2D eigenvalue weighted by Gasteiger charge is -2.50. The summed E-state index contributed by atoms with van der Waals surface area (Å²) < 4.78 is 54.8. The second kappa shape index (κ2) is 24.3. The summed E-state index contributed by atoms with van der Waals surface area (Å²) in [7, 11) is 6.47. The minimum atomic E-state index is -1.48. The SMILES string of the molecule is CC[C@H]1OC(=O)C[C@@H](O)[C@H](C)[C@@H](O[C@@H]2O[C@H](C)[C@@H](O[C@H]3C[C@@](C)(O)[C@@H](O)[C@H](C)O3)[C@H](N(C)C)[C@H]2O)[C@@H](CCO)C[C@@H](C)C(=O)C=CC(C)=C[C@@H]1COC1O[C@H](C)[C@@H](O)[C@@H](OC)[C@H]1OC. The highest BCUT2D eigenvalue weighted by Crippen LogP contribution is 2.38. The molecule has 0 aromatic carbocycles. The van der Waals surface area contributed by atoms with E-state index in [2.05, 4.69) is 0 Å². The Morgan fingerprint density at radius 2 is 1.50 bits per heavy atom. The molecular weight excluding hydrogens is 838 g/mol. The average Bonchev–Trinajstić information content (AvgIpc) is 3.23. The van der Waals surface area contributed by atoms with Crippen LogP contribution < -0.4 is 0 Å². The van der Waals surface area contributed by atoms with Gasteiger partial charge < -0.3 is 78.2 Å². The molecule has 0 aromatic heterocycles. The summed E-state index contributed by atoms with van der Waals surface area (Å²) in [4.78, 5) is 29.3. The molecule has 370 valence electrons. The molecule has 0 aromatic rings. The number of aliphatic hydroxyl groups excluding tert-OH is 5. The van der Waals surface area contributed by atoms with E-state index in [1.54, 1.807) is 59.7 Å². The van der Waals surface area contributed by atoms with Gasteiger partial charge in [0.1, 0.15) is 42.7 Å². The van der Waals surface area contributed by atoms with Gasteiger partial charge in [-0.3, -0.25) is 9.59 Å². The van der Waals surface area contributed by atoms with Crippen LogP contribution in [-0.4, -0.2) is 193 Å². The first-order chi connectivity index (χ1) is 30.1. The third-order valence-electron chi connectivity index (χ3n) is 13.5. The fourth-order valence-electron chi connectivity index (χ4n) is 9.60. The number of allylic oxidation sites excluding steroid dienone is 3. The van der Waals surface area contributed by atoms with Gasteiger partial charge >= 0.3 is 5.97 Å². The molecule has 0 saturated carbocycles. The minimum Gasteiger partial charge on any atom is -0.462 e. The normalized spacial score (nSPS) is 44.7. The number of ketones is 1. The van der Waals surface area contributed by atoms with Crippen LogP contribution in [0.5, 0.6) is 0 Å². The molecule has 21 atom stereocenters. The number of esters is 1. The van der Waals surface area contributed by atoms with Crippen molar-refractivity contribution in [3.05, 3.63) is 23.8 Å². The molecule has 0 radical (unpaired) electrons. The molecule has 0 amide bonds. The maximum absolute atomic E-state index is 13.8. The van der Waals surface area contributed by atoms with Gasteiger partial charge in [0, 0.05) is 45.0 Å². The first-order valence-electron chi connectivity index (χ1n) is 22.8. The summed E-state index contributed by atoms with van der Waals surface area (Å²) in [6.45, 7) is 13.5. The number of carbonyl (C=O) groups is 2. The van der Waals surface area contributed by atoms with E-state index in [1.165, 1.54) is 27.2 Å². The van der Waals surface area contributed by atoms with Gasteiger partial charge in [0.05, 0.1) is 55.2 Å². The van der Waals surface area contributed by atoms with Crippen molar-refractivity contribution < 1.29 is 82.9 Å². The molecular formula is C46H79NO17. The highest BCUT2D eigenvalue weighted by molar-refractivity contribution is 5.91. The first-order valence-corrected chi connectivity index (χ1v) is 22.8. The van der Waals surface area contributed by atoms with E-state index in [0.29, 0.717) is 12.0 Å². The lowest BCUT2D eigenvalue weighted by atomic mass is 9.79. The number of hydrogen-bond acceptors (Lipinski definition) is 18. The number of carbonyl (C=O) groups excluding carboxylic acids is 2. The van der Waals surface area contributed by atoms with Gasteiger partial charge in [-0.2, -0.15) is 0 Å². The number of aliphatic hydroxyl groups is 6. The summed E-state index contributed by atoms with van der Waals surface area (Å²) in [6.07, 6.45) is -8.52. The molecule has 4 heterocycles. The number of rotatable bonds is 13. The Hall–Kier alpha value is -1.98. The number of cyclic esters (lactones) is 1. The van der Waals surface area contributed by atoms with Crippen LogP contribution in [0.15, 0.2) is 23.8 Å². The molecule has 4 aliphatic heterocycles. The van der Waals surface area contributed by atoms with Crippen molar-refractivity contribution in [3.63, 3.8) is 0 Å². The van der Waals surface area contributed by atoms with Crippen molar-refractivity contribution in [3.8, 4) is 0 Å². The molecule has 4 aliphatic rings. The first kappa shape index (κ1) is 54.6. The van der Waals surface area contributed by atoms with Crippen LogP contribution in [0.3, 0.4) is 0 Å². The fraction of sp³-hybridized carbons (Fsp3) is 0.870. The minimum absolute atomic E-state index is 0.00151. The van der Waals surface area contributed by atoms with Crippen molar-refractivity contribution in [2.75, 3.05) is 41.5 Å². The van der Waals surface area contributed by atoms with Crippen LogP contribution in [-0.2, 0) is 52.2 Å². The molecule has 1 unspecified atom stereocenters. The topological polar surface area (TPSA) is 242 Å². The van der Waals surface area contributed by atoms with E-state index in [0.717, 1.165) is 0 Å². The summed E-state index contributed by atoms with van der Waals surface area (Å²) in [5.41, 5.74) is -0.782. The van der Waals surface area contributed by atoms with E-state index in [9.17, 15) is 40.2 Å². The summed E-state index contributed by atoms with van der Waals surface area (Å²) >= 11 is 0. The summed E-state index contributed by atoms with van der Waals surface area (Å²) in [6, 6.07) is -0.728. The van der Waals surface area contributed by atoms with Crippen LogP contribution in [0.2, 0.25) is 0 Å². The van der Waals surface area contributed by atoms with E-state index < -0.39 is 140 Å². The van der Waals surface area contributed by atoms with Gasteiger partial charge in [0.15, 0.2) is 24.7 Å². The Bertz CT molecular complexity index is 1530. The van der Waals surface area contributed by atoms with Crippen molar-refractivity contribution in [1.82, 2.24) is 4.90 Å². The fourth-order valence-corrected chi connectivity index (χ4v) is 9.60. The largest absolute Gasteiger partial charge is 0.462 e. The molecule has 0 bridgehead atoms. The molecule has 64 heavy (non-hydrogen) atoms. The van der Waals surface area contributed by atoms with Gasteiger partial charge in [0.2, 0.25) is 0 Å². The Morgan fingerprint density at radius 3 is 2.09 bits per heavy atom. The maximum atomic E-state index is 13.8. The Morgan fingerprint density at radius 1 is 0.844 bits per heavy atom. The second-order valence-corrected chi connectivity index (χ2v) is 18.9. The molecule has 0 aliphatic carbocycles. The van der Waals surface area contributed by atoms with Gasteiger partial charge in [-0.15, -0.1) is 0 Å². The zero-order chi connectivity index (χ0) is 47.8. The number of methoxy groups -OCH3 is 2. The van der Waals surface area contributed by atoms with Gasteiger partial charge in [-0.05, 0) is 80.0 Å². The number of hydrogen-bond donors (Lipinski definition) is 6. The molecule has 0 spiro atoms. The zero-order valence-corrected chi connectivity index (χ0v) is 39.9. The van der Waals surface area contributed by atoms with Crippen molar-refractivity contribution >= 4 is 11.8 Å². The van der Waals surface area contributed by atoms with E-state index in [4.69, 9.17) is 42.6 Å². The highest BCUT2D eigenvalue weighted by Gasteiger charge is 2.52. The van der Waals surface area contributed by atoms with Crippen molar-refractivity contribution in [1.29, 1.82) is 0 Å². The van der Waals surface area contributed by atoms with Crippen LogP contribution in [0, 0.1) is 23.7 Å². The highest BCUT2D eigenvalue weighted by atomic mass is 16.7. The molecule has 4 rings (SSSR count). The standard InChI is InChI=1S/C46H79NO17/c1-13-33-30(22-58-45-42(57-12)41(56-11)37(52)26(5)60-45)18-23(2)14-15-31(49)24(3)19-29(16-17-48)39(25(4)32(50)20-34(51)62-33)64-44-38(53)36(47(9)10)40(27(6)61-44)63-35-21-46(8,55)43(54)28(7)59-35/h14-15,18,24-30,32-33,35-45,48,50,52-55H,13,16-17,19-22H2,1-12H3/t24-,25+,26-,27-,28+,29+,30-,32-,33-,35+,36-,37-,38-,39-,40-,41-,42-,43+,44+,45?,46-/m1/s1. The number of nitrogens with zero attached hydrogens (tertiary/aromatic N) is 1. The lowest BCUT2D eigenvalue weighted by Crippen LogP contribution is -2.65. The smallest absolute Gasteiger partial charge is 0.308 e. The van der Waals surface area contributed by atoms with Crippen LogP contribution in [0.25, 0.3) is 0 Å². The van der Waals surface area contributed by atoms with Crippen LogP contribution in [0.4, 0.5) is 0 Å². The monoisotopic (exact) mass is 918 g/mol. The summed E-state index contributed by atoms with van der Waals surface area (Å²) in [5.74, 6) is -3.31. The quantitative estimate of drug-likeness (QED) is 0.144. The molecule has 18 heteroatoms. The molecule has 6 N–H and O–H groups in total. The predicted molar refractivity (Wildman–Crippen MR) is 231 cm³/mol. The summed E-state index contributed by atoms with van der Waals surface area (Å²) in [5, 5.41) is 66.2. The van der Waals surface area contributed by atoms with E-state index in [1.807, 2.05) is 19.9 Å². The number of likely N-dealkylation sites (N-methyl/N-ethyl adjacent to an activating group) is 1. The average molecular weight is 918 g/mol. The third-order valence-corrected chi connectivity index (χ3v) is 13.5. The predicted octanol–water partition coefficient (Wildman–Crippen LogP) is 1.63. The van der Waals surface area contributed by atoms with E-state index in [-0.39, 0.29) is 38.3 Å². The third kappa shape index (κ3) is 13.6. The Kier molecular flexibility index (Phi) is 20.8. The zero-order valence-electron chi connectivity index (χ0n) is 39.9. The van der Waals surface area contributed by atoms with Crippen molar-refractivity contribution in [2.24, 2.45) is 23.7 Å². The molecule has 18 nitrogen and oxygen atoms in total. The van der Waals surface area contributed by atoms with Gasteiger partial charge in [-0.1, -0.05) is 38.5 Å². The maximum Gasteiger partial charge on any atom is 0.308 e. The van der Waals surface area contributed by atoms with Crippen LogP contribution >= 0.6 is 0 Å². The molecule has 3 fully saturated rings. The van der Waals surface area contributed by atoms with Crippen LogP contribution in [0.1, 0.15) is 87.5 Å². The molecule has 3 saturated heterocycles. The number of ether oxygens (including phenoxy) is 9. The lowest BCUT2D eigenvalue weighted by molar-refractivity contribution is -0.342. The van der Waals surface area contributed by atoms with Gasteiger partial charge in [0.25, 0.3) is 0 Å². The van der Waals surface area contributed by atoms with E-state index >= 15 is 0 Å². The second-order valence-electron chi connectivity index (χ2n) is 18.9. The Labute approximate surface area is 379 Å². The van der Waals surface area contributed by atoms with Crippen molar-refractivity contribution in [2.45, 2.75) is 191 Å².